The summed E-state index contributed by atoms with van der Waals surface area (Å²) < 4.78 is 1.82. The van der Waals surface area contributed by atoms with Gasteiger partial charge in [0.2, 0.25) is 0 Å². The minimum Gasteiger partial charge on any atom is -0.399 e. The molecule has 0 aliphatic rings. The van der Waals surface area contributed by atoms with Gasteiger partial charge in [0, 0.05) is 20.3 Å². The molecule has 0 bridgehead atoms. The monoisotopic (exact) mass is 430 g/mol. The molecule has 0 aliphatic heterocycles. The third kappa shape index (κ3) is 3.94. The van der Waals surface area contributed by atoms with Crippen molar-refractivity contribution in [3.63, 3.8) is 0 Å². The summed E-state index contributed by atoms with van der Waals surface area (Å²) >= 11 is 5.57. The summed E-state index contributed by atoms with van der Waals surface area (Å²) in [5.74, 6) is -0.0952. The number of nitrogens with one attached hydrogen (secondary N) is 1. The molecule has 0 saturated heterocycles. The lowest BCUT2D eigenvalue weighted by atomic mass is 10.2. The minimum atomic E-state index is -0.0952. The lowest BCUT2D eigenvalue weighted by molar-refractivity contribution is 0.0950. The lowest BCUT2D eigenvalue weighted by Crippen LogP contribution is -2.23. The van der Waals surface area contributed by atoms with Gasteiger partial charge in [0.25, 0.3) is 5.91 Å². The van der Waals surface area contributed by atoms with Crippen molar-refractivity contribution in [3.8, 4) is 0 Å². The number of halogens is 2. The number of benzene rings is 2. The van der Waals surface area contributed by atoms with Gasteiger partial charge in [-0.2, -0.15) is 0 Å². The van der Waals surface area contributed by atoms with Crippen LogP contribution in [0.3, 0.4) is 0 Å². The first-order valence-corrected chi connectivity index (χ1v) is 7.51. The molecule has 0 aromatic heterocycles. The van der Waals surface area contributed by atoms with E-state index in [9.17, 15) is 4.79 Å². The second kappa shape index (κ2) is 6.38. The van der Waals surface area contributed by atoms with Gasteiger partial charge in [-0.25, -0.2) is 0 Å². The van der Waals surface area contributed by atoms with E-state index in [0.717, 1.165) is 19.3 Å². The highest BCUT2D eigenvalue weighted by atomic mass is 127. The van der Waals surface area contributed by atoms with E-state index < -0.39 is 0 Å². The normalized spacial score (nSPS) is 10.2. The van der Waals surface area contributed by atoms with Crippen molar-refractivity contribution in [1.82, 2.24) is 5.32 Å². The molecule has 0 unspecified atom stereocenters. The van der Waals surface area contributed by atoms with Crippen LogP contribution < -0.4 is 11.1 Å². The van der Waals surface area contributed by atoms with E-state index in [2.05, 4.69) is 43.8 Å². The van der Waals surface area contributed by atoms with Crippen molar-refractivity contribution in [3.05, 3.63) is 61.6 Å². The van der Waals surface area contributed by atoms with Crippen molar-refractivity contribution < 1.29 is 4.79 Å². The van der Waals surface area contributed by atoms with Gasteiger partial charge in [-0.1, -0.05) is 12.1 Å². The fourth-order valence-corrected chi connectivity index (χ4v) is 2.50. The number of hydrogen-bond acceptors (Lipinski definition) is 2. The maximum atomic E-state index is 12.1. The van der Waals surface area contributed by atoms with Gasteiger partial charge in [0.05, 0.1) is 5.56 Å². The van der Waals surface area contributed by atoms with Gasteiger partial charge < -0.3 is 11.1 Å². The third-order valence-corrected chi connectivity index (χ3v) is 3.97. The Balaban J connectivity index is 2.05. The van der Waals surface area contributed by atoms with Crippen molar-refractivity contribution in [1.29, 1.82) is 0 Å². The molecule has 3 nitrogen and oxygen atoms in total. The number of nitrogens with two attached hydrogens (primary N) is 1. The van der Waals surface area contributed by atoms with Crippen LogP contribution in [0.2, 0.25) is 0 Å². The Bertz CT molecular complexity index is 599. The number of amides is 1. The summed E-state index contributed by atoms with van der Waals surface area (Å²) in [7, 11) is 0. The summed E-state index contributed by atoms with van der Waals surface area (Å²) in [5.41, 5.74) is 7.99. The summed E-state index contributed by atoms with van der Waals surface area (Å²) in [5, 5.41) is 2.89. The Morgan fingerprint density at radius 2 is 1.89 bits per heavy atom. The van der Waals surface area contributed by atoms with Crippen molar-refractivity contribution in [2.75, 3.05) is 5.73 Å². The first kappa shape index (κ1) is 14.3. The molecule has 0 atom stereocenters. The second-order valence-electron chi connectivity index (χ2n) is 4.05. The van der Waals surface area contributed by atoms with Gasteiger partial charge in [0.15, 0.2) is 0 Å². The van der Waals surface area contributed by atoms with Crippen LogP contribution in [0, 0.1) is 3.57 Å². The maximum absolute atomic E-state index is 12.1. The molecule has 19 heavy (non-hydrogen) atoms. The van der Waals surface area contributed by atoms with E-state index in [1.807, 2.05) is 42.5 Å². The molecule has 0 radical (unpaired) electrons. The Kier molecular flexibility index (Phi) is 4.81. The highest BCUT2D eigenvalue weighted by Crippen LogP contribution is 2.19. The van der Waals surface area contributed by atoms with Gasteiger partial charge >= 0.3 is 0 Å². The van der Waals surface area contributed by atoms with Gasteiger partial charge in [-0.3, -0.25) is 4.79 Å². The van der Waals surface area contributed by atoms with Crippen molar-refractivity contribution >= 4 is 50.1 Å². The summed E-state index contributed by atoms with van der Waals surface area (Å²) in [6.07, 6.45) is 0. The molecule has 0 fully saturated rings. The molecule has 5 heteroatoms. The van der Waals surface area contributed by atoms with Crippen LogP contribution in [0.15, 0.2) is 46.9 Å². The fraction of sp³-hybridized carbons (Fsp3) is 0.0714. The van der Waals surface area contributed by atoms with E-state index in [0.29, 0.717) is 12.1 Å². The zero-order valence-electron chi connectivity index (χ0n) is 9.99. The first-order chi connectivity index (χ1) is 9.06. The number of nitrogen functional groups attached to an aromatic ring is 1. The minimum absolute atomic E-state index is 0.0952. The van der Waals surface area contributed by atoms with Gasteiger partial charge in [0.1, 0.15) is 0 Å². The van der Waals surface area contributed by atoms with E-state index >= 15 is 0 Å². The Hall–Kier alpha value is -1.08. The SMILES string of the molecule is Nc1ccc(CNC(=O)c2cc(I)ccc2Br)cc1. The largest absolute Gasteiger partial charge is 0.399 e. The Morgan fingerprint density at radius 3 is 2.58 bits per heavy atom. The van der Waals surface area contributed by atoms with Gasteiger partial charge in [-0.05, 0) is 74.4 Å². The van der Waals surface area contributed by atoms with Crippen molar-refractivity contribution in [2.24, 2.45) is 0 Å². The van der Waals surface area contributed by atoms with Crippen LogP contribution in [0.25, 0.3) is 0 Å². The quantitative estimate of drug-likeness (QED) is 0.577. The molecule has 2 rings (SSSR count). The molecule has 2 aromatic carbocycles. The number of carbonyl (C=O) groups excluding carboxylic acids is 1. The van der Waals surface area contributed by atoms with Crippen LogP contribution in [-0.4, -0.2) is 5.91 Å². The number of hydrogen-bond donors (Lipinski definition) is 2. The molecule has 3 N–H and O–H groups in total. The first-order valence-electron chi connectivity index (χ1n) is 5.64. The van der Waals surface area contributed by atoms with E-state index in [-0.39, 0.29) is 5.91 Å². The number of anilines is 1. The third-order valence-electron chi connectivity index (χ3n) is 2.61. The van der Waals surface area contributed by atoms with E-state index in [1.54, 1.807) is 0 Å². The second-order valence-corrected chi connectivity index (χ2v) is 6.15. The standard InChI is InChI=1S/C14H12BrIN2O/c15-13-6-3-10(16)7-12(13)14(19)18-8-9-1-4-11(17)5-2-9/h1-7H,8,17H2,(H,18,19). The number of rotatable bonds is 3. The molecule has 1 amide bonds. The predicted octanol–water partition coefficient (Wildman–Crippen LogP) is 3.57. The molecule has 2 aromatic rings. The topological polar surface area (TPSA) is 55.1 Å². The molecule has 0 aliphatic carbocycles. The maximum Gasteiger partial charge on any atom is 0.252 e. The smallest absolute Gasteiger partial charge is 0.252 e. The summed E-state index contributed by atoms with van der Waals surface area (Å²) in [6.45, 7) is 0.483. The molecule has 0 heterocycles. The zero-order valence-corrected chi connectivity index (χ0v) is 13.7. The van der Waals surface area contributed by atoms with Crippen LogP contribution in [-0.2, 0) is 6.54 Å². The average molecular weight is 431 g/mol. The van der Waals surface area contributed by atoms with Crippen LogP contribution in [0.4, 0.5) is 5.69 Å². The van der Waals surface area contributed by atoms with E-state index in [1.165, 1.54) is 0 Å². The van der Waals surface area contributed by atoms with Gasteiger partial charge in [-0.15, -0.1) is 0 Å². The Morgan fingerprint density at radius 1 is 1.21 bits per heavy atom. The summed E-state index contributed by atoms with van der Waals surface area (Å²) in [4.78, 5) is 12.1. The van der Waals surface area contributed by atoms with Crippen LogP contribution in [0.5, 0.6) is 0 Å². The van der Waals surface area contributed by atoms with E-state index in [4.69, 9.17) is 5.73 Å². The summed E-state index contributed by atoms with van der Waals surface area (Å²) in [6, 6.07) is 13.1. The van der Waals surface area contributed by atoms with Crippen LogP contribution in [0.1, 0.15) is 15.9 Å². The number of carbonyl (C=O) groups is 1. The Labute approximate surface area is 133 Å². The molecule has 0 saturated carbocycles. The average Bonchev–Trinajstić information content (AvgIpc) is 2.40. The van der Waals surface area contributed by atoms with Crippen LogP contribution >= 0.6 is 38.5 Å². The lowest BCUT2D eigenvalue weighted by Gasteiger charge is -2.08. The molecule has 98 valence electrons. The molecular formula is C14H12BrIN2O. The predicted molar refractivity (Wildman–Crippen MR) is 88.9 cm³/mol. The fourth-order valence-electron chi connectivity index (χ4n) is 1.58. The highest BCUT2D eigenvalue weighted by molar-refractivity contribution is 14.1. The molecule has 0 spiro atoms. The zero-order chi connectivity index (χ0) is 13.8. The highest BCUT2D eigenvalue weighted by Gasteiger charge is 2.10. The van der Waals surface area contributed by atoms with Crippen molar-refractivity contribution in [2.45, 2.75) is 6.54 Å². The molecular weight excluding hydrogens is 419 g/mol.